The maximum absolute atomic E-state index is 11.6. The maximum Gasteiger partial charge on any atom is 0.256 e. The molecule has 19 heavy (non-hydrogen) atoms. The summed E-state index contributed by atoms with van der Waals surface area (Å²) in [5, 5.41) is 3.62. The molecule has 0 aliphatic carbocycles. The second kappa shape index (κ2) is 5.53. The van der Waals surface area contributed by atoms with Crippen molar-refractivity contribution >= 4 is 22.7 Å². The van der Waals surface area contributed by atoms with E-state index in [1.165, 1.54) is 6.92 Å². The molecule has 0 radical (unpaired) electrons. The number of hydrazine groups is 1. The van der Waals surface area contributed by atoms with Crippen LogP contribution in [0.15, 0.2) is 30.5 Å². The molecule has 1 aromatic heterocycles. The molecule has 0 saturated heterocycles. The Balaban J connectivity index is 2.25. The van der Waals surface area contributed by atoms with E-state index in [4.69, 9.17) is 5.84 Å². The Morgan fingerprint density at radius 1 is 1.37 bits per heavy atom. The molecule has 0 bridgehead atoms. The first kappa shape index (κ1) is 13.1. The fraction of sp³-hybridized carbons (Fsp3) is 0.231. The molecule has 0 unspecified atom stereocenters. The van der Waals surface area contributed by atoms with E-state index in [1.54, 1.807) is 0 Å². The Labute approximate surface area is 110 Å². The topological polar surface area (TPSA) is 100 Å². The Morgan fingerprint density at radius 2 is 2.11 bits per heavy atom. The summed E-state index contributed by atoms with van der Waals surface area (Å²) in [5.74, 6) is 4.45. The number of hydrogen-bond donors (Lipinski definition) is 4. The number of amides is 2. The number of hydrogen-bond acceptors (Lipinski definition) is 3. The third-order valence-electron chi connectivity index (χ3n) is 2.94. The van der Waals surface area contributed by atoms with Crippen LogP contribution in [0.5, 0.6) is 0 Å². The largest absolute Gasteiger partial charge is 0.361 e. The maximum atomic E-state index is 11.6. The van der Waals surface area contributed by atoms with Crippen LogP contribution in [0.1, 0.15) is 12.5 Å². The van der Waals surface area contributed by atoms with Crippen molar-refractivity contribution in [1.29, 1.82) is 0 Å². The van der Waals surface area contributed by atoms with E-state index < -0.39 is 11.9 Å². The van der Waals surface area contributed by atoms with Crippen molar-refractivity contribution in [3.05, 3.63) is 36.0 Å². The van der Waals surface area contributed by atoms with Crippen LogP contribution in [0, 0.1) is 0 Å². The summed E-state index contributed by atoms with van der Waals surface area (Å²) in [6.45, 7) is 1.37. The van der Waals surface area contributed by atoms with Gasteiger partial charge < -0.3 is 10.3 Å². The van der Waals surface area contributed by atoms with Crippen molar-refractivity contribution in [3.63, 3.8) is 0 Å². The average Bonchev–Trinajstić information content (AvgIpc) is 2.80. The zero-order chi connectivity index (χ0) is 13.8. The molecule has 1 heterocycles. The molecule has 6 nitrogen and oxygen atoms in total. The third kappa shape index (κ3) is 2.92. The highest BCUT2D eigenvalue weighted by Gasteiger charge is 2.20. The van der Waals surface area contributed by atoms with Crippen LogP contribution in [-0.4, -0.2) is 22.8 Å². The number of carbonyl (C=O) groups is 2. The van der Waals surface area contributed by atoms with Crippen LogP contribution in [0.4, 0.5) is 0 Å². The van der Waals surface area contributed by atoms with E-state index in [9.17, 15) is 9.59 Å². The lowest BCUT2D eigenvalue weighted by Crippen LogP contribution is -2.49. The van der Waals surface area contributed by atoms with Crippen LogP contribution in [0.25, 0.3) is 10.9 Å². The molecule has 0 aliphatic heterocycles. The second-order valence-electron chi connectivity index (χ2n) is 4.33. The molecule has 0 aliphatic rings. The number of aromatic nitrogens is 1. The monoisotopic (exact) mass is 260 g/mol. The Kier molecular flexibility index (Phi) is 3.82. The molecule has 2 aromatic rings. The van der Waals surface area contributed by atoms with E-state index in [1.807, 2.05) is 30.5 Å². The van der Waals surface area contributed by atoms with Crippen LogP contribution in [-0.2, 0) is 16.0 Å². The lowest BCUT2D eigenvalue weighted by Gasteiger charge is -2.15. The Bertz CT molecular complexity index is 605. The first-order valence-corrected chi connectivity index (χ1v) is 5.94. The van der Waals surface area contributed by atoms with E-state index in [0.29, 0.717) is 6.42 Å². The standard InChI is InChI=1S/C13H16N4O2/c1-8(18)16-12(13(19)17-14)6-9-7-15-11-5-3-2-4-10(9)11/h2-5,7,12,15H,6,14H2,1H3,(H,16,18)(H,17,19)/t12-/m0/s1. The van der Waals surface area contributed by atoms with Gasteiger partial charge in [-0.2, -0.15) is 0 Å². The molecular weight excluding hydrogens is 244 g/mol. The predicted molar refractivity (Wildman–Crippen MR) is 71.9 cm³/mol. The number of fused-ring (bicyclic) bond motifs is 1. The second-order valence-corrected chi connectivity index (χ2v) is 4.33. The minimum Gasteiger partial charge on any atom is -0.361 e. The fourth-order valence-corrected chi connectivity index (χ4v) is 2.08. The van der Waals surface area contributed by atoms with E-state index in [0.717, 1.165) is 16.5 Å². The van der Waals surface area contributed by atoms with Crippen molar-refractivity contribution in [1.82, 2.24) is 15.7 Å². The molecule has 6 heteroatoms. The zero-order valence-electron chi connectivity index (χ0n) is 10.6. The van der Waals surface area contributed by atoms with Gasteiger partial charge in [-0.3, -0.25) is 15.0 Å². The quantitative estimate of drug-likeness (QED) is 0.359. The predicted octanol–water partition coefficient (Wildman–Crippen LogP) is 0.205. The molecule has 0 saturated carbocycles. The summed E-state index contributed by atoms with van der Waals surface area (Å²) in [6.07, 6.45) is 2.22. The zero-order valence-corrected chi connectivity index (χ0v) is 10.6. The highest BCUT2D eigenvalue weighted by molar-refractivity contribution is 5.88. The van der Waals surface area contributed by atoms with Gasteiger partial charge in [0.2, 0.25) is 5.91 Å². The minimum atomic E-state index is -0.679. The summed E-state index contributed by atoms with van der Waals surface area (Å²) in [6, 6.07) is 7.10. The average molecular weight is 260 g/mol. The first-order valence-electron chi connectivity index (χ1n) is 5.94. The summed E-state index contributed by atoms with van der Waals surface area (Å²) in [5.41, 5.74) is 4.02. The van der Waals surface area contributed by atoms with Crippen molar-refractivity contribution < 1.29 is 9.59 Å². The smallest absolute Gasteiger partial charge is 0.256 e. The van der Waals surface area contributed by atoms with Gasteiger partial charge >= 0.3 is 0 Å². The number of carbonyl (C=O) groups excluding carboxylic acids is 2. The number of nitrogens with one attached hydrogen (secondary N) is 3. The molecule has 0 fully saturated rings. The number of rotatable bonds is 4. The SMILES string of the molecule is CC(=O)N[C@@H](Cc1c[nH]c2ccccc12)C(=O)NN. The van der Waals surface area contributed by atoms with Gasteiger partial charge in [-0.05, 0) is 11.6 Å². The summed E-state index contributed by atoms with van der Waals surface area (Å²) >= 11 is 0. The minimum absolute atomic E-state index is 0.270. The number of H-pyrrole nitrogens is 1. The molecule has 100 valence electrons. The molecular formula is C13H16N4O2. The van der Waals surface area contributed by atoms with Crippen LogP contribution < -0.4 is 16.6 Å². The number of nitrogens with two attached hydrogens (primary N) is 1. The number of aromatic amines is 1. The van der Waals surface area contributed by atoms with Gasteiger partial charge in [-0.25, -0.2) is 5.84 Å². The highest BCUT2D eigenvalue weighted by atomic mass is 16.2. The normalized spacial score (nSPS) is 12.1. The van der Waals surface area contributed by atoms with Gasteiger partial charge in [0.1, 0.15) is 6.04 Å². The Morgan fingerprint density at radius 3 is 2.79 bits per heavy atom. The molecule has 5 N–H and O–H groups in total. The van der Waals surface area contributed by atoms with E-state index in [2.05, 4.69) is 15.7 Å². The summed E-state index contributed by atoms with van der Waals surface area (Å²) in [4.78, 5) is 25.9. The molecule has 0 spiro atoms. The van der Waals surface area contributed by atoms with Crippen LogP contribution in [0.2, 0.25) is 0 Å². The third-order valence-corrected chi connectivity index (χ3v) is 2.94. The lowest BCUT2D eigenvalue weighted by molar-refractivity contribution is -0.128. The molecule has 2 rings (SSSR count). The van der Waals surface area contributed by atoms with E-state index >= 15 is 0 Å². The van der Waals surface area contributed by atoms with Gasteiger partial charge in [0.15, 0.2) is 0 Å². The molecule has 2 amide bonds. The van der Waals surface area contributed by atoms with Crippen molar-refractivity contribution in [3.8, 4) is 0 Å². The van der Waals surface area contributed by atoms with Crippen molar-refractivity contribution in [2.45, 2.75) is 19.4 Å². The Hall–Kier alpha value is -2.34. The number of para-hydroxylation sites is 1. The number of benzene rings is 1. The summed E-state index contributed by atoms with van der Waals surface area (Å²) < 4.78 is 0. The van der Waals surface area contributed by atoms with Gasteiger partial charge in [-0.15, -0.1) is 0 Å². The molecule has 1 atom stereocenters. The van der Waals surface area contributed by atoms with Gasteiger partial charge in [0, 0.05) is 30.4 Å². The summed E-state index contributed by atoms with van der Waals surface area (Å²) in [7, 11) is 0. The van der Waals surface area contributed by atoms with Crippen LogP contribution >= 0.6 is 0 Å². The first-order chi connectivity index (χ1) is 9.11. The fourth-order valence-electron chi connectivity index (χ4n) is 2.08. The van der Waals surface area contributed by atoms with Gasteiger partial charge in [-0.1, -0.05) is 18.2 Å². The van der Waals surface area contributed by atoms with Crippen molar-refractivity contribution in [2.75, 3.05) is 0 Å². The lowest BCUT2D eigenvalue weighted by atomic mass is 10.0. The van der Waals surface area contributed by atoms with Gasteiger partial charge in [0.05, 0.1) is 0 Å². The molecule has 1 aromatic carbocycles. The van der Waals surface area contributed by atoms with E-state index in [-0.39, 0.29) is 5.91 Å². The highest BCUT2D eigenvalue weighted by Crippen LogP contribution is 2.19. The van der Waals surface area contributed by atoms with Gasteiger partial charge in [0.25, 0.3) is 5.91 Å². The van der Waals surface area contributed by atoms with Crippen molar-refractivity contribution in [2.24, 2.45) is 5.84 Å². The van der Waals surface area contributed by atoms with Crippen LogP contribution in [0.3, 0.4) is 0 Å².